The molecule has 0 spiro atoms. The Hall–Kier alpha value is -0.170. The van der Waals surface area contributed by atoms with E-state index in [2.05, 4.69) is 37.0 Å². The third-order valence-corrected chi connectivity index (χ3v) is 5.99. The van der Waals surface area contributed by atoms with Crippen LogP contribution in [0.5, 0.6) is 0 Å². The van der Waals surface area contributed by atoms with E-state index in [9.17, 15) is 8.42 Å². The smallest absolute Gasteiger partial charge is 0.307 e. The fraction of sp³-hybridized carbons (Fsp3) is 1.00. The Morgan fingerprint density at radius 3 is 1.24 bits per heavy atom. The van der Waals surface area contributed by atoms with Crippen molar-refractivity contribution in [3.05, 3.63) is 0 Å². The van der Waals surface area contributed by atoms with Gasteiger partial charge >= 0.3 is 10.4 Å². The molecule has 0 aromatic heterocycles. The zero-order valence-electron chi connectivity index (χ0n) is 20.1. The highest BCUT2D eigenvalue weighted by atomic mass is 32.3. The van der Waals surface area contributed by atoms with Crippen LogP contribution < -0.4 is 0 Å². The van der Waals surface area contributed by atoms with E-state index < -0.39 is 10.4 Å². The van der Waals surface area contributed by atoms with Crippen molar-refractivity contribution < 1.29 is 17.2 Å². The van der Waals surface area contributed by atoms with E-state index in [4.69, 9.17) is 4.55 Å². The van der Waals surface area contributed by atoms with Crippen LogP contribution in [0.15, 0.2) is 0 Å². The summed E-state index contributed by atoms with van der Waals surface area (Å²) >= 11 is 0. The third kappa shape index (κ3) is 30.1. The van der Waals surface area contributed by atoms with E-state index >= 15 is 0 Å². The molecule has 0 amide bonds. The molecule has 0 radical (unpaired) electrons. The monoisotopic (exact) mass is 437 g/mol. The van der Waals surface area contributed by atoms with E-state index in [1.54, 1.807) is 0 Å². The van der Waals surface area contributed by atoms with Crippen LogP contribution in [0.2, 0.25) is 0 Å². The van der Waals surface area contributed by atoms with Gasteiger partial charge in [0.15, 0.2) is 0 Å². The Morgan fingerprint density at radius 1 is 0.724 bits per heavy atom. The molecule has 0 aliphatic carbocycles. The van der Waals surface area contributed by atoms with Crippen LogP contribution in [-0.2, 0) is 14.6 Å². The zero-order chi connectivity index (χ0) is 22.4. The number of rotatable bonds is 19. The Labute approximate surface area is 182 Å². The molecule has 0 saturated heterocycles. The van der Waals surface area contributed by atoms with E-state index in [0.29, 0.717) is 0 Å². The summed E-state index contributed by atoms with van der Waals surface area (Å²) < 4.78 is 29.7. The van der Waals surface area contributed by atoms with Crippen molar-refractivity contribution in [3.63, 3.8) is 0 Å². The first-order chi connectivity index (χ1) is 13.7. The van der Waals surface area contributed by atoms with Gasteiger partial charge in [-0.25, -0.2) is 0 Å². The average molecular weight is 438 g/mol. The van der Waals surface area contributed by atoms with Crippen molar-refractivity contribution in [2.45, 2.75) is 129 Å². The van der Waals surface area contributed by atoms with Gasteiger partial charge in [0.25, 0.3) is 0 Å². The van der Waals surface area contributed by atoms with Crippen molar-refractivity contribution in [3.8, 4) is 0 Å². The molecule has 1 N–H and O–H groups in total. The molecule has 178 valence electrons. The first-order valence-corrected chi connectivity index (χ1v) is 13.3. The van der Waals surface area contributed by atoms with Crippen molar-refractivity contribution >= 4 is 10.4 Å². The highest BCUT2D eigenvalue weighted by Gasteiger charge is 2.03. The molecule has 0 aliphatic rings. The Morgan fingerprint density at radius 2 is 1.00 bits per heavy atom. The van der Waals surface area contributed by atoms with Gasteiger partial charge in [-0.2, -0.15) is 8.42 Å². The summed E-state index contributed by atoms with van der Waals surface area (Å²) in [6, 6.07) is 0.752. The molecule has 0 aromatic rings. The molecule has 0 heterocycles. The second-order valence-electron chi connectivity index (χ2n) is 8.50. The van der Waals surface area contributed by atoms with Crippen molar-refractivity contribution in [2.24, 2.45) is 0 Å². The Bertz CT molecular complexity index is 413. The lowest BCUT2D eigenvalue weighted by molar-refractivity contribution is 0.291. The lowest BCUT2D eigenvalue weighted by Gasteiger charge is -2.19. The lowest BCUT2D eigenvalue weighted by Crippen LogP contribution is -2.24. The second-order valence-corrected chi connectivity index (χ2v) is 9.69. The van der Waals surface area contributed by atoms with Gasteiger partial charge in [-0.15, -0.1) is 0 Å². The quantitative estimate of drug-likeness (QED) is 0.174. The summed E-state index contributed by atoms with van der Waals surface area (Å²) in [7, 11) is 1.09. The summed E-state index contributed by atoms with van der Waals surface area (Å²) in [5, 5.41) is 0. The topological polar surface area (TPSA) is 66.8 Å². The van der Waals surface area contributed by atoms with Crippen LogP contribution in [0.1, 0.15) is 123 Å². The third-order valence-electron chi connectivity index (χ3n) is 5.57. The summed E-state index contributed by atoms with van der Waals surface area (Å²) in [6.45, 7) is 4.64. The largest absolute Gasteiger partial charge is 0.397 e. The van der Waals surface area contributed by atoms with Gasteiger partial charge in [-0.05, 0) is 27.4 Å². The van der Waals surface area contributed by atoms with E-state index in [1.165, 1.54) is 109 Å². The maximum absolute atomic E-state index is 9.33. The first-order valence-electron chi connectivity index (χ1n) is 11.9. The van der Waals surface area contributed by atoms with Crippen LogP contribution >= 0.6 is 0 Å². The maximum Gasteiger partial charge on any atom is 0.397 e. The van der Waals surface area contributed by atoms with Gasteiger partial charge in [0, 0.05) is 6.04 Å². The molecular formula is C23H51NO4S. The van der Waals surface area contributed by atoms with Gasteiger partial charge in [0.1, 0.15) is 0 Å². The van der Waals surface area contributed by atoms with Crippen molar-refractivity contribution in [1.29, 1.82) is 0 Å². The highest BCUT2D eigenvalue weighted by molar-refractivity contribution is 7.80. The normalized spacial score (nSPS) is 12.7. The van der Waals surface area contributed by atoms with Gasteiger partial charge in [-0.1, -0.05) is 110 Å². The standard InChI is InChI=1S/C22H47N.CH4O4S/c1-5-6-7-8-9-10-11-12-13-14-15-16-17-18-19-20-21-22(2)23(3)4;1-5-6(2,3)4/h22H,5-21H2,1-4H3;1H3,(H,2,3,4). The predicted molar refractivity (Wildman–Crippen MR) is 126 cm³/mol. The van der Waals surface area contributed by atoms with Crippen LogP contribution in [0, 0.1) is 0 Å². The molecule has 0 rings (SSSR count). The fourth-order valence-electron chi connectivity index (χ4n) is 3.25. The number of nitrogens with zero attached hydrogens (tertiary/aromatic N) is 1. The molecule has 0 bridgehead atoms. The SMILES string of the molecule is CCCCCCCCCCCCCCCCCCC(C)N(C)C.COS(=O)(=O)O. The summed E-state index contributed by atoms with van der Waals surface area (Å²) in [6.07, 6.45) is 24.7. The van der Waals surface area contributed by atoms with Gasteiger partial charge in [0.05, 0.1) is 7.11 Å². The van der Waals surface area contributed by atoms with Crippen LogP contribution in [0.4, 0.5) is 0 Å². The van der Waals surface area contributed by atoms with Gasteiger partial charge < -0.3 is 4.90 Å². The van der Waals surface area contributed by atoms with E-state index in [0.717, 1.165) is 13.2 Å². The van der Waals surface area contributed by atoms with Crippen LogP contribution in [0.3, 0.4) is 0 Å². The molecular weight excluding hydrogens is 386 g/mol. The second kappa shape index (κ2) is 22.5. The van der Waals surface area contributed by atoms with E-state index in [-0.39, 0.29) is 0 Å². The molecule has 29 heavy (non-hydrogen) atoms. The fourth-order valence-corrected chi connectivity index (χ4v) is 3.25. The lowest BCUT2D eigenvalue weighted by atomic mass is 10.0. The Kier molecular flexibility index (Phi) is 24.1. The van der Waals surface area contributed by atoms with Gasteiger partial charge in [0.2, 0.25) is 0 Å². The van der Waals surface area contributed by atoms with Crippen LogP contribution in [-0.4, -0.2) is 45.1 Å². The summed E-state index contributed by atoms with van der Waals surface area (Å²) in [5.74, 6) is 0. The van der Waals surface area contributed by atoms with E-state index in [1.807, 2.05) is 0 Å². The van der Waals surface area contributed by atoms with Crippen molar-refractivity contribution in [2.75, 3.05) is 21.2 Å². The molecule has 1 atom stereocenters. The van der Waals surface area contributed by atoms with Crippen molar-refractivity contribution in [1.82, 2.24) is 4.90 Å². The molecule has 0 aliphatic heterocycles. The van der Waals surface area contributed by atoms with Crippen LogP contribution in [0.25, 0.3) is 0 Å². The molecule has 6 heteroatoms. The summed E-state index contributed by atoms with van der Waals surface area (Å²) in [4.78, 5) is 2.34. The minimum Gasteiger partial charge on any atom is -0.307 e. The molecule has 0 aromatic carbocycles. The molecule has 1 unspecified atom stereocenters. The number of hydrogen-bond donors (Lipinski definition) is 1. The molecule has 5 nitrogen and oxygen atoms in total. The minimum absolute atomic E-state index is 0.752. The molecule has 0 saturated carbocycles. The first kappa shape index (κ1) is 31.0. The number of unbranched alkanes of at least 4 members (excludes halogenated alkanes) is 15. The zero-order valence-corrected chi connectivity index (χ0v) is 20.9. The molecule has 0 fully saturated rings. The highest BCUT2D eigenvalue weighted by Crippen LogP contribution is 2.14. The summed E-state index contributed by atoms with van der Waals surface area (Å²) in [5.41, 5.74) is 0. The average Bonchev–Trinajstić information content (AvgIpc) is 2.67. The number of hydrogen-bond acceptors (Lipinski definition) is 4. The minimum atomic E-state index is -4.16. The van der Waals surface area contributed by atoms with Gasteiger partial charge in [-0.3, -0.25) is 8.74 Å². The predicted octanol–water partition coefficient (Wildman–Crippen LogP) is 7.02. The maximum atomic E-state index is 9.33. The Balaban J connectivity index is 0.